The molecule has 0 aliphatic heterocycles. The molecule has 2 nitrogen and oxygen atoms in total. The summed E-state index contributed by atoms with van der Waals surface area (Å²) in [5, 5.41) is 1.90. The average molecular weight is 264 g/mol. The van der Waals surface area contributed by atoms with E-state index in [4.69, 9.17) is 4.74 Å². The molecule has 0 spiro atoms. The number of hydrogen-bond donors (Lipinski definition) is 0. The van der Waals surface area contributed by atoms with E-state index in [2.05, 4.69) is 0 Å². The van der Waals surface area contributed by atoms with Crippen molar-refractivity contribution in [2.45, 2.75) is 13.8 Å². The highest BCUT2D eigenvalue weighted by molar-refractivity contribution is 7.12. The first-order valence-corrected chi connectivity index (χ1v) is 6.35. The van der Waals surface area contributed by atoms with Gasteiger partial charge in [0.05, 0.1) is 7.11 Å². The second-order valence-corrected chi connectivity index (χ2v) is 4.96. The highest BCUT2D eigenvalue weighted by Crippen LogP contribution is 2.33. The molecule has 0 fully saturated rings. The van der Waals surface area contributed by atoms with Crippen molar-refractivity contribution in [2.24, 2.45) is 0 Å². The van der Waals surface area contributed by atoms with Crippen molar-refractivity contribution in [1.82, 2.24) is 0 Å². The third-order valence-electron chi connectivity index (χ3n) is 2.79. The van der Waals surface area contributed by atoms with E-state index in [9.17, 15) is 9.18 Å². The summed E-state index contributed by atoms with van der Waals surface area (Å²) < 4.78 is 18.0. The Morgan fingerprint density at radius 1 is 1.28 bits per heavy atom. The summed E-state index contributed by atoms with van der Waals surface area (Å²) >= 11 is 1.35. The number of methoxy groups -OCH3 is 1. The smallest absolute Gasteiger partial charge is 0.348 e. The van der Waals surface area contributed by atoms with E-state index in [1.54, 1.807) is 19.1 Å². The van der Waals surface area contributed by atoms with Gasteiger partial charge in [0.15, 0.2) is 0 Å². The van der Waals surface area contributed by atoms with Crippen LogP contribution < -0.4 is 0 Å². The summed E-state index contributed by atoms with van der Waals surface area (Å²) in [4.78, 5) is 12.2. The fourth-order valence-corrected chi connectivity index (χ4v) is 2.83. The molecule has 18 heavy (non-hydrogen) atoms. The van der Waals surface area contributed by atoms with Crippen LogP contribution in [0, 0.1) is 19.7 Å². The number of esters is 1. The zero-order valence-corrected chi connectivity index (χ0v) is 11.2. The molecule has 1 aromatic heterocycles. The van der Waals surface area contributed by atoms with Crippen LogP contribution in [0.1, 0.15) is 20.8 Å². The van der Waals surface area contributed by atoms with Crippen LogP contribution in [0.4, 0.5) is 4.39 Å². The lowest BCUT2D eigenvalue weighted by Crippen LogP contribution is -2.00. The molecule has 0 unspecified atom stereocenters. The minimum atomic E-state index is -0.356. The molecule has 4 heteroatoms. The van der Waals surface area contributed by atoms with Crippen LogP contribution in [0.25, 0.3) is 11.1 Å². The Morgan fingerprint density at radius 2 is 2.00 bits per heavy atom. The molecule has 0 aliphatic rings. The molecule has 0 aliphatic carbocycles. The SMILES string of the molecule is COC(=O)c1scc(C)c1-c1ccc(F)c(C)c1. The van der Waals surface area contributed by atoms with Crippen LogP contribution in [0.5, 0.6) is 0 Å². The van der Waals surface area contributed by atoms with E-state index >= 15 is 0 Å². The van der Waals surface area contributed by atoms with Crippen LogP contribution in [-0.2, 0) is 4.74 Å². The van der Waals surface area contributed by atoms with E-state index < -0.39 is 0 Å². The van der Waals surface area contributed by atoms with Crippen LogP contribution in [-0.4, -0.2) is 13.1 Å². The molecule has 0 N–H and O–H groups in total. The van der Waals surface area contributed by atoms with E-state index in [1.807, 2.05) is 12.3 Å². The first kappa shape index (κ1) is 12.8. The number of thiophene rings is 1. The molecule has 0 saturated carbocycles. The molecule has 0 atom stereocenters. The molecular weight excluding hydrogens is 251 g/mol. The lowest BCUT2D eigenvalue weighted by molar-refractivity contribution is 0.0607. The van der Waals surface area contributed by atoms with Gasteiger partial charge in [-0.15, -0.1) is 11.3 Å². The number of carbonyl (C=O) groups excluding carboxylic acids is 1. The van der Waals surface area contributed by atoms with Crippen molar-refractivity contribution in [1.29, 1.82) is 0 Å². The third-order valence-corrected chi connectivity index (χ3v) is 3.87. The van der Waals surface area contributed by atoms with Gasteiger partial charge in [0, 0.05) is 5.56 Å². The van der Waals surface area contributed by atoms with Crippen molar-refractivity contribution >= 4 is 17.3 Å². The minimum absolute atomic E-state index is 0.244. The lowest BCUT2D eigenvalue weighted by Gasteiger charge is -2.06. The Morgan fingerprint density at radius 3 is 2.61 bits per heavy atom. The zero-order valence-electron chi connectivity index (χ0n) is 10.4. The van der Waals surface area contributed by atoms with Gasteiger partial charge >= 0.3 is 5.97 Å². The quantitative estimate of drug-likeness (QED) is 0.767. The fraction of sp³-hybridized carbons (Fsp3) is 0.214. The van der Waals surface area contributed by atoms with Crippen molar-refractivity contribution in [2.75, 3.05) is 7.11 Å². The normalized spacial score (nSPS) is 10.4. The van der Waals surface area contributed by atoms with E-state index in [0.717, 1.165) is 16.7 Å². The van der Waals surface area contributed by atoms with Gasteiger partial charge in [-0.05, 0) is 48.1 Å². The molecule has 0 radical (unpaired) electrons. The van der Waals surface area contributed by atoms with Crippen molar-refractivity contribution in [3.05, 3.63) is 45.4 Å². The topological polar surface area (TPSA) is 26.3 Å². The van der Waals surface area contributed by atoms with Gasteiger partial charge in [-0.2, -0.15) is 0 Å². The molecule has 0 bridgehead atoms. The number of halogens is 1. The van der Waals surface area contributed by atoms with E-state index in [0.29, 0.717) is 10.4 Å². The maximum Gasteiger partial charge on any atom is 0.348 e. The maximum absolute atomic E-state index is 13.3. The Hall–Kier alpha value is -1.68. The Balaban J connectivity index is 2.59. The fourth-order valence-electron chi connectivity index (χ4n) is 1.85. The summed E-state index contributed by atoms with van der Waals surface area (Å²) in [7, 11) is 1.36. The number of rotatable bonds is 2. The number of ether oxygens (including phenoxy) is 1. The predicted molar refractivity (Wildman–Crippen MR) is 70.5 cm³/mol. The molecule has 1 heterocycles. The monoisotopic (exact) mass is 264 g/mol. The maximum atomic E-state index is 13.3. The standard InChI is InChI=1S/C14H13FO2S/c1-8-6-10(4-5-11(8)15)12-9(2)7-18-13(12)14(16)17-3/h4-7H,1-3H3. The van der Waals surface area contributed by atoms with Gasteiger partial charge in [-0.3, -0.25) is 0 Å². The molecule has 0 amide bonds. The zero-order chi connectivity index (χ0) is 13.3. The summed E-state index contributed by atoms with van der Waals surface area (Å²) in [6.07, 6.45) is 0. The molecule has 2 rings (SSSR count). The Labute approximate surface area is 109 Å². The summed E-state index contributed by atoms with van der Waals surface area (Å²) in [5.74, 6) is -0.601. The number of carbonyl (C=O) groups is 1. The summed E-state index contributed by atoms with van der Waals surface area (Å²) in [6, 6.07) is 4.85. The Bertz CT molecular complexity index is 602. The summed E-state index contributed by atoms with van der Waals surface area (Å²) in [6.45, 7) is 3.63. The molecule has 94 valence electrons. The molecule has 2 aromatic rings. The first-order chi connectivity index (χ1) is 8.54. The lowest BCUT2D eigenvalue weighted by atomic mass is 10.0. The summed E-state index contributed by atoms with van der Waals surface area (Å²) in [5.41, 5.74) is 3.23. The van der Waals surface area contributed by atoms with E-state index in [1.165, 1.54) is 24.5 Å². The average Bonchev–Trinajstić information content (AvgIpc) is 2.74. The van der Waals surface area contributed by atoms with Crippen LogP contribution in [0.15, 0.2) is 23.6 Å². The minimum Gasteiger partial charge on any atom is -0.465 e. The van der Waals surface area contributed by atoms with Crippen LogP contribution in [0.2, 0.25) is 0 Å². The van der Waals surface area contributed by atoms with Crippen LogP contribution >= 0.6 is 11.3 Å². The second kappa shape index (κ2) is 4.90. The highest BCUT2D eigenvalue weighted by Gasteiger charge is 2.18. The molecule has 1 aromatic carbocycles. The van der Waals surface area contributed by atoms with Crippen molar-refractivity contribution < 1.29 is 13.9 Å². The van der Waals surface area contributed by atoms with Gasteiger partial charge in [0.1, 0.15) is 10.7 Å². The molecular formula is C14H13FO2S. The van der Waals surface area contributed by atoms with Crippen molar-refractivity contribution in [3.8, 4) is 11.1 Å². The largest absolute Gasteiger partial charge is 0.465 e. The third kappa shape index (κ3) is 2.16. The van der Waals surface area contributed by atoms with Crippen molar-refractivity contribution in [3.63, 3.8) is 0 Å². The van der Waals surface area contributed by atoms with Crippen LogP contribution in [0.3, 0.4) is 0 Å². The number of aryl methyl sites for hydroxylation is 2. The highest BCUT2D eigenvalue weighted by atomic mass is 32.1. The Kier molecular flexibility index (Phi) is 3.48. The van der Waals surface area contributed by atoms with Gasteiger partial charge in [-0.25, -0.2) is 9.18 Å². The second-order valence-electron chi connectivity index (χ2n) is 4.08. The van der Waals surface area contributed by atoms with Gasteiger partial charge in [0.2, 0.25) is 0 Å². The first-order valence-electron chi connectivity index (χ1n) is 5.47. The van der Waals surface area contributed by atoms with Gasteiger partial charge in [0.25, 0.3) is 0 Å². The number of benzene rings is 1. The van der Waals surface area contributed by atoms with Gasteiger partial charge < -0.3 is 4.74 Å². The number of hydrogen-bond acceptors (Lipinski definition) is 3. The molecule has 0 saturated heterocycles. The predicted octanol–water partition coefficient (Wildman–Crippen LogP) is 3.96. The van der Waals surface area contributed by atoms with Gasteiger partial charge in [-0.1, -0.05) is 6.07 Å². The van der Waals surface area contributed by atoms with E-state index in [-0.39, 0.29) is 11.8 Å².